The molecular weight excluding hydrogens is 313 g/mol. The molecule has 24 heavy (non-hydrogen) atoms. The summed E-state index contributed by atoms with van der Waals surface area (Å²) in [5, 5.41) is 19.6. The second kappa shape index (κ2) is 5.85. The van der Waals surface area contributed by atoms with E-state index in [-0.39, 0.29) is 5.92 Å². The largest absolute Gasteiger partial charge is 0.365 e. The van der Waals surface area contributed by atoms with Gasteiger partial charge < -0.3 is 9.47 Å². The molecule has 1 aliphatic carbocycles. The minimum atomic E-state index is -0.791. The Labute approximate surface area is 138 Å². The molecule has 1 aromatic heterocycles. The van der Waals surface area contributed by atoms with Crippen molar-refractivity contribution >= 4 is 11.4 Å². The molecule has 2 fully saturated rings. The molecule has 1 aliphatic heterocycles. The van der Waals surface area contributed by atoms with Crippen LogP contribution in [0.2, 0.25) is 0 Å². The van der Waals surface area contributed by atoms with Crippen LogP contribution in [0.15, 0.2) is 24.5 Å². The lowest BCUT2D eigenvalue weighted by molar-refractivity contribution is -0.386. The summed E-state index contributed by atoms with van der Waals surface area (Å²) in [6.07, 6.45) is 5.92. The minimum absolute atomic E-state index is 0.157. The predicted molar refractivity (Wildman–Crippen MR) is 85.5 cm³/mol. The third kappa shape index (κ3) is 2.61. The van der Waals surface area contributed by atoms with E-state index in [4.69, 9.17) is 0 Å². The Balaban J connectivity index is 1.63. The molecule has 7 nitrogen and oxygen atoms in total. The van der Waals surface area contributed by atoms with E-state index in [0.29, 0.717) is 24.8 Å². The molecule has 8 heteroatoms. The normalized spacial score (nSPS) is 21.0. The zero-order valence-corrected chi connectivity index (χ0v) is 13.1. The van der Waals surface area contributed by atoms with E-state index < -0.39 is 16.4 Å². The van der Waals surface area contributed by atoms with Crippen LogP contribution in [0, 0.1) is 15.9 Å². The number of nitrogens with zero attached hydrogens (tertiary/aromatic N) is 5. The molecule has 0 bridgehead atoms. The third-order valence-electron chi connectivity index (χ3n) is 4.82. The van der Waals surface area contributed by atoms with Gasteiger partial charge in [0.15, 0.2) is 0 Å². The molecule has 2 heterocycles. The lowest BCUT2D eigenvalue weighted by Crippen LogP contribution is -2.35. The van der Waals surface area contributed by atoms with Crippen molar-refractivity contribution in [1.29, 1.82) is 0 Å². The zero-order chi connectivity index (χ0) is 16.7. The predicted octanol–water partition coefficient (Wildman–Crippen LogP) is 3.04. The van der Waals surface area contributed by atoms with Gasteiger partial charge >= 0.3 is 5.69 Å². The second-order valence-corrected chi connectivity index (χ2v) is 6.48. The number of nitro benzene ring substituents is 1. The van der Waals surface area contributed by atoms with Crippen molar-refractivity contribution in [1.82, 2.24) is 14.8 Å². The lowest BCUT2D eigenvalue weighted by Gasteiger charge is -2.33. The second-order valence-electron chi connectivity index (χ2n) is 6.48. The van der Waals surface area contributed by atoms with Gasteiger partial charge in [-0.1, -0.05) is 6.07 Å². The molecule has 2 aliphatic rings. The van der Waals surface area contributed by atoms with Gasteiger partial charge in [0.2, 0.25) is 5.82 Å². The van der Waals surface area contributed by atoms with E-state index in [1.165, 1.54) is 6.07 Å². The summed E-state index contributed by atoms with van der Waals surface area (Å²) in [4.78, 5) is 12.5. The Kier molecular flexibility index (Phi) is 3.66. The van der Waals surface area contributed by atoms with Crippen LogP contribution in [0.3, 0.4) is 0 Å². The van der Waals surface area contributed by atoms with Crippen molar-refractivity contribution in [2.45, 2.75) is 37.6 Å². The number of hydrogen-bond donors (Lipinski definition) is 0. The van der Waals surface area contributed by atoms with Gasteiger partial charge in [0.25, 0.3) is 0 Å². The van der Waals surface area contributed by atoms with Crippen molar-refractivity contribution < 1.29 is 9.31 Å². The molecule has 0 N–H and O–H groups in total. The smallest absolute Gasteiger partial charge is 0.327 e. The van der Waals surface area contributed by atoms with Gasteiger partial charge in [-0.3, -0.25) is 10.1 Å². The molecule has 126 valence electrons. The summed E-state index contributed by atoms with van der Waals surface area (Å²) in [5.74, 6) is 0.312. The number of benzene rings is 1. The number of piperidine rings is 1. The lowest BCUT2D eigenvalue weighted by atomic mass is 9.96. The average molecular weight is 331 g/mol. The SMILES string of the molecule is O=[N+]([O-])c1c(F)cccc1N1CCC[C@H](c2nncn2C2CC2)C1. The zero-order valence-electron chi connectivity index (χ0n) is 13.1. The van der Waals surface area contributed by atoms with Gasteiger partial charge in [0.1, 0.15) is 17.8 Å². The quantitative estimate of drug-likeness (QED) is 0.636. The summed E-state index contributed by atoms with van der Waals surface area (Å²) >= 11 is 0. The van der Waals surface area contributed by atoms with Crippen LogP contribution in [0.4, 0.5) is 15.8 Å². The van der Waals surface area contributed by atoms with Crippen LogP contribution >= 0.6 is 0 Å². The van der Waals surface area contributed by atoms with Gasteiger partial charge in [-0.15, -0.1) is 10.2 Å². The maximum atomic E-state index is 13.9. The Morgan fingerprint density at radius 2 is 2.12 bits per heavy atom. The molecule has 0 radical (unpaired) electrons. The minimum Gasteiger partial charge on any atom is -0.365 e. The van der Waals surface area contributed by atoms with Gasteiger partial charge in [0.05, 0.1) is 4.92 Å². The maximum Gasteiger partial charge on any atom is 0.327 e. The molecule has 2 aromatic rings. The van der Waals surface area contributed by atoms with Crippen molar-refractivity contribution in [2.24, 2.45) is 0 Å². The number of aromatic nitrogens is 3. The van der Waals surface area contributed by atoms with E-state index >= 15 is 0 Å². The number of rotatable bonds is 4. The molecule has 4 rings (SSSR count). The summed E-state index contributed by atoms with van der Waals surface area (Å²) in [7, 11) is 0. The summed E-state index contributed by atoms with van der Waals surface area (Å²) in [6.45, 7) is 1.27. The van der Waals surface area contributed by atoms with Crippen molar-refractivity contribution in [3.05, 3.63) is 46.3 Å². The number of hydrogen-bond acceptors (Lipinski definition) is 5. The summed E-state index contributed by atoms with van der Waals surface area (Å²) in [6, 6.07) is 4.77. The van der Waals surface area contributed by atoms with E-state index in [1.807, 2.05) is 4.90 Å². The first-order valence-corrected chi connectivity index (χ1v) is 8.22. The highest BCUT2D eigenvalue weighted by Gasteiger charge is 2.33. The van der Waals surface area contributed by atoms with Crippen molar-refractivity contribution in [2.75, 3.05) is 18.0 Å². The molecule has 1 atom stereocenters. The molecule has 0 spiro atoms. The van der Waals surface area contributed by atoms with Gasteiger partial charge in [-0.05, 0) is 37.8 Å². The molecule has 1 aromatic carbocycles. The highest BCUT2D eigenvalue weighted by Crippen LogP contribution is 2.39. The number of anilines is 1. The van der Waals surface area contributed by atoms with Crippen LogP contribution in [-0.2, 0) is 0 Å². The molecule has 1 saturated heterocycles. The van der Waals surface area contributed by atoms with Crippen molar-refractivity contribution in [3.63, 3.8) is 0 Å². The van der Waals surface area contributed by atoms with E-state index in [9.17, 15) is 14.5 Å². The van der Waals surface area contributed by atoms with Crippen molar-refractivity contribution in [3.8, 4) is 0 Å². The highest BCUT2D eigenvalue weighted by molar-refractivity contribution is 5.64. The maximum absolute atomic E-state index is 13.9. The fraction of sp³-hybridized carbons (Fsp3) is 0.500. The Morgan fingerprint density at radius 1 is 1.29 bits per heavy atom. The van der Waals surface area contributed by atoms with E-state index in [1.54, 1.807) is 12.4 Å². The average Bonchev–Trinajstić information content (AvgIpc) is 3.31. The topological polar surface area (TPSA) is 77.1 Å². The standard InChI is InChI=1S/C16H18FN5O2/c17-13-4-1-5-14(15(13)22(23)24)20-8-2-3-11(9-20)16-19-18-10-21(16)12-6-7-12/h1,4-5,10-12H,2-3,6-9H2/t11-/m0/s1. The first-order chi connectivity index (χ1) is 11.6. The Hall–Kier alpha value is -2.51. The number of halogens is 1. The van der Waals surface area contributed by atoms with Crippen LogP contribution in [-0.4, -0.2) is 32.8 Å². The first kappa shape index (κ1) is 15.0. The first-order valence-electron chi connectivity index (χ1n) is 8.22. The van der Waals surface area contributed by atoms with Crippen LogP contribution in [0.5, 0.6) is 0 Å². The van der Waals surface area contributed by atoms with Gasteiger partial charge in [0, 0.05) is 25.0 Å². The molecule has 0 unspecified atom stereocenters. The Morgan fingerprint density at radius 3 is 2.88 bits per heavy atom. The monoisotopic (exact) mass is 331 g/mol. The Bertz CT molecular complexity index is 774. The summed E-state index contributed by atoms with van der Waals surface area (Å²) in [5.41, 5.74) is -0.0935. The highest BCUT2D eigenvalue weighted by atomic mass is 19.1. The summed E-state index contributed by atoms with van der Waals surface area (Å²) < 4.78 is 16.0. The molecular formula is C16H18FN5O2. The molecule has 0 amide bonds. The number of para-hydroxylation sites is 1. The van der Waals surface area contributed by atoms with E-state index in [0.717, 1.165) is 37.6 Å². The molecule has 1 saturated carbocycles. The fourth-order valence-electron chi connectivity index (χ4n) is 3.52. The van der Waals surface area contributed by atoms with E-state index in [2.05, 4.69) is 14.8 Å². The third-order valence-corrected chi connectivity index (χ3v) is 4.82. The van der Waals surface area contributed by atoms with Crippen LogP contribution in [0.25, 0.3) is 0 Å². The van der Waals surface area contributed by atoms with Crippen LogP contribution in [0.1, 0.15) is 43.5 Å². The number of nitro groups is 1. The van der Waals surface area contributed by atoms with Gasteiger partial charge in [-0.2, -0.15) is 4.39 Å². The van der Waals surface area contributed by atoms with Crippen LogP contribution < -0.4 is 4.90 Å². The fourth-order valence-corrected chi connectivity index (χ4v) is 3.52. The van der Waals surface area contributed by atoms with Gasteiger partial charge in [-0.25, -0.2) is 0 Å².